The van der Waals surface area contributed by atoms with E-state index in [9.17, 15) is 23.2 Å². The highest BCUT2D eigenvalue weighted by atomic mass is 19.3. The van der Waals surface area contributed by atoms with Gasteiger partial charge in [-0.05, 0) is 12.5 Å². The number of piperazine rings is 1. The molecule has 45 heavy (non-hydrogen) atoms. The summed E-state index contributed by atoms with van der Waals surface area (Å²) in [5.74, 6) is -0.520. The van der Waals surface area contributed by atoms with Crippen LogP contribution in [0.3, 0.4) is 0 Å². The molecule has 3 amide bonds. The van der Waals surface area contributed by atoms with Crippen LogP contribution in [-0.4, -0.2) is 137 Å². The van der Waals surface area contributed by atoms with Crippen molar-refractivity contribution < 1.29 is 27.9 Å². The van der Waals surface area contributed by atoms with Crippen LogP contribution in [0.1, 0.15) is 18.5 Å². The molecule has 3 aliphatic heterocycles. The number of hydrogen-bond donors (Lipinski definition) is 1. The van der Waals surface area contributed by atoms with Crippen LogP contribution in [0.2, 0.25) is 0 Å². The smallest absolute Gasteiger partial charge is 0.281 e. The van der Waals surface area contributed by atoms with Gasteiger partial charge in [0.15, 0.2) is 5.82 Å². The highest BCUT2D eigenvalue weighted by Crippen LogP contribution is 2.30. The molecule has 15 nitrogen and oxygen atoms in total. The predicted molar refractivity (Wildman–Crippen MR) is 159 cm³/mol. The molecule has 0 atom stereocenters. The molecule has 17 heteroatoms. The standard InChI is InChI=1S/C28H35F2N11O4/c1-3-20(42)41-6-4-5-18(16-41)25(44)37(2)17-21(43)38-7-9-39(10-8-38)27-34-24(19-15-32-26(31)33-22(19)23(29)30)35-28(36-27)40-11-13-45-14-12-40/h3,5,15,23H,1,4,6-14,16-17H2,2H3,(H2,31,32,33). The van der Waals surface area contributed by atoms with Crippen molar-refractivity contribution in [2.75, 3.05) is 94.7 Å². The number of carbonyl (C=O) groups excluding carboxylic acids is 3. The van der Waals surface area contributed by atoms with Crippen LogP contribution in [0.25, 0.3) is 11.4 Å². The molecule has 2 aromatic rings. The van der Waals surface area contributed by atoms with E-state index in [0.29, 0.717) is 77.0 Å². The Morgan fingerprint density at radius 1 is 1.00 bits per heavy atom. The number of likely N-dealkylation sites (N-methyl/N-ethyl adjacent to an activating group) is 1. The number of halogens is 2. The summed E-state index contributed by atoms with van der Waals surface area (Å²) in [7, 11) is 1.56. The summed E-state index contributed by atoms with van der Waals surface area (Å²) in [6.45, 7) is 7.36. The number of nitrogens with two attached hydrogens (primary N) is 1. The van der Waals surface area contributed by atoms with E-state index in [1.165, 1.54) is 17.2 Å². The maximum Gasteiger partial charge on any atom is 0.281 e. The number of alkyl halides is 2. The van der Waals surface area contributed by atoms with Gasteiger partial charge in [-0.15, -0.1) is 0 Å². The Hall–Kier alpha value is -4.80. The minimum Gasteiger partial charge on any atom is -0.378 e. The normalized spacial score (nSPS) is 17.3. The molecule has 5 rings (SSSR count). The Balaban J connectivity index is 1.27. The van der Waals surface area contributed by atoms with Crippen molar-refractivity contribution in [2.24, 2.45) is 0 Å². The molecule has 2 saturated heterocycles. The Morgan fingerprint density at radius 2 is 1.67 bits per heavy atom. The van der Waals surface area contributed by atoms with Gasteiger partial charge in [-0.1, -0.05) is 12.7 Å². The number of aromatic nitrogens is 5. The number of morpholine rings is 1. The largest absolute Gasteiger partial charge is 0.378 e. The van der Waals surface area contributed by atoms with Crippen molar-refractivity contribution in [2.45, 2.75) is 12.8 Å². The Kier molecular flexibility index (Phi) is 9.75. The van der Waals surface area contributed by atoms with Crippen molar-refractivity contribution >= 4 is 35.6 Å². The third-order valence-corrected chi connectivity index (χ3v) is 7.74. The molecule has 5 heterocycles. The molecule has 0 unspecified atom stereocenters. The Labute approximate surface area is 258 Å². The summed E-state index contributed by atoms with van der Waals surface area (Å²) in [5.41, 5.74) is 5.40. The summed E-state index contributed by atoms with van der Waals surface area (Å²) in [6, 6.07) is 0. The second kappa shape index (κ2) is 13.9. The van der Waals surface area contributed by atoms with Gasteiger partial charge in [-0.2, -0.15) is 15.0 Å². The summed E-state index contributed by atoms with van der Waals surface area (Å²) >= 11 is 0. The van der Waals surface area contributed by atoms with Crippen LogP contribution in [0.4, 0.5) is 26.6 Å². The molecule has 0 spiro atoms. The second-order valence-electron chi connectivity index (χ2n) is 10.7. The second-order valence-corrected chi connectivity index (χ2v) is 10.7. The van der Waals surface area contributed by atoms with Crippen molar-refractivity contribution in [3.8, 4) is 11.4 Å². The van der Waals surface area contributed by atoms with Gasteiger partial charge in [0.2, 0.25) is 29.7 Å². The highest BCUT2D eigenvalue weighted by molar-refractivity contribution is 5.97. The van der Waals surface area contributed by atoms with Crippen LogP contribution in [-0.2, 0) is 19.1 Å². The van der Waals surface area contributed by atoms with Gasteiger partial charge < -0.3 is 35.0 Å². The van der Waals surface area contributed by atoms with E-state index in [-0.39, 0.29) is 54.1 Å². The zero-order valence-electron chi connectivity index (χ0n) is 24.9. The average Bonchev–Trinajstić information content (AvgIpc) is 3.07. The lowest BCUT2D eigenvalue weighted by Crippen LogP contribution is -2.52. The molecule has 0 aliphatic carbocycles. The lowest BCUT2D eigenvalue weighted by atomic mass is 10.1. The van der Waals surface area contributed by atoms with Crippen LogP contribution >= 0.6 is 0 Å². The maximum absolute atomic E-state index is 13.9. The molecule has 0 bridgehead atoms. The third-order valence-electron chi connectivity index (χ3n) is 7.74. The van der Waals surface area contributed by atoms with Gasteiger partial charge in [0.05, 0.1) is 31.9 Å². The summed E-state index contributed by atoms with van der Waals surface area (Å²) < 4.78 is 33.2. The number of amides is 3. The van der Waals surface area contributed by atoms with Crippen LogP contribution < -0.4 is 15.5 Å². The SMILES string of the molecule is C=CC(=O)N1CCC=C(C(=O)N(C)CC(=O)N2CCN(c3nc(-c4cnc(N)nc4C(F)F)nc(N4CCOCC4)n3)CC2)C1. The number of nitrogens with zero attached hydrogens (tertiary/aromatic N) is 10. The summed E-state index contributed by atoms with van der Waals surface area (Å²) in [4.78, 5) is 67.7. The van der Waals surface area contributed by atoms with E-state index in [0.717, 1.165) is 0 Å². The van der Waals surface area contributed by atoms with Crippen molar-refractivity contribution in [1.82, 2.24) is 39.6 Å². The lowest BCUT2D eigenvalue weighted by molar-refractivity contribution is -0.138. The quantitative estimate of drug-likeness (QED) is 0.394. The Bertz CT molecular complexity index is 1480. The first-order chi connectivity index (χ1) is 21.6. The van der Waals surface area contributed by atoms with Crippen molar-refractivity contribution in [1.29, 1.82) is 0 Å². The van der Waals surface area contributed by atoms with E-state index in [2.05, 4.69) is 31.5 Å². The number of rotatable bonds is 8. The van der Waals surface area contributed by atoms with E-state index >= 15 is 0 Å². The van der Waals surface area contributed by atoms with Gasteiger partial charge in [0.1, 0.15) is 5.69 Å². The van der Waals surface area contributed by atoms with Crippen LogP contribution in [0.15, 0.2) is 30.5 Å². The van der Waals surface area contributed by atoms with E-state index in [1.54, 1.807) is 22.9 Å². The molecular formula is C28H35F2N11O4. The number of anilines is 3. The number of nitrogen functional groups attached to an aromatic ring is 1. The molecule has 240 valence electrons. The highest BCUT2D eigenvalue weighted by Gasteiger charge is 2.29. The number of ether oxygens (including phenoxy) is 1. The third kappa shape index (κ3) is 7.30. The summed E-state index contributed by atoms with van der Waals surface area (Å²) in [5, 5.41) is 0. The molecule has 0 aromatic carbocycles. The fraction of sp³-hybridized carbons (Fsp3) is 0.500. The van der Waals surface area contributed by atoms with Crippen LogP contribution in [0, 0.1) is 0 Å². The topological polar surface area (TPSA) is 167 Å². The molecule has 2 aromatic heterocycles. The first-order valence-corrected chi connectivity index (χ1v) is 14.5. The van der Waals surface area contributed by atoms with Gasteiger partial charge >= 0.3 is 0 Å². The van der Waals surface area contributed by atoms with E-state index in [4.69, 9.17) is 10.5 Å². The molecule has 0 saturated carbocycles. The lowest BCUT2D eigenvalue weighted by Gasteiger charge is -2.36. The Morgan fingerprint density at radius 3 is 2.31 bits per heavy atom. The maximum atomic E-state index is 13.9. The van der Waals surface area contributed by atoms with Gasteiger partial charge in [-0.3, -0.25) is 14.4 Å². The minimum absolute atomic E-state index is 0.0131. The molecule has 2 N–H and O–H groups in total. The first-order valence-electron chi connectivity index (χ1n) is 14.5. The number of hydrogen-bond acceptors (Lipinski definition) is 12. The fourth-order valence-corrected chi connectivity index (χ4v) is 5.26. The predicted octanol–water partition coefficient (Wildman–Crippen LogP) is 0.137. The zero-order valence-corrected chi connectivity index (χ0v) is 24.9. The molecule has 0 radical (unpaired) electrons. The van der Waals surface area contributed by atoms with E-state index in [1.807, 2.05) is 9.80 Å². The van der Waals surface area contributed by atoms with E-state index < -0.39 is 12.1 Å². The summed E-state index contributed by atoms with van der Waals surface area (Å²) in [6.07, 6.45) is 1.81. The molecule has 2 fully saturated rings. The van der Waals surface area contributed by atoms with Gasteiger partial charge in [0, 0.05) is 64.6 Å². The first kappa shape index (κ1) is 31.6. The molecule has 3 aliphatic rings. The van der Waals surface area contributed by atoms with Gasteiger partial charge in [-0.25, -0.2) is 18.7 Å². The van der Waals surface area contributed by atoms with Crippen molar-refractivity contribution in [3.63, 3.8) is 0 Å². The van der Waals surface area contributed by atoms with Gasteiger partial charge in [0.25, 0.3) is 12.3 Å². The zero-order chi connectivity index (χ0) is 32.1. The fourth-order valence-electron chi connectivity index (χ4n) is 5.26. The van der Waals surface area contributed by atoms with Crippen molar-refractivity contribution in [3.05, 3.63) is 36.2 Å². The monoisotopic (exact) mass is 627 g/mol. The number of carbonyl (C=O) groups is 3. The molecular weight excluding hydrogens is 592 g/mol. The average molecular weight is 628 g/mol. The van der Waals surface area contributed by atoms with Crippen LogP contribution in [0.5, 0.6) is 0 Å². The minimum atomic E-state index is -2.93.